The molecule has 15 heteroatoms. The number of aromatic nitrogens is 1. The van der Waals surface area contributed by atoms with Gasteiger partial charge < -0.3 is 40.4 Å². The average molecular weight is 872 g/mol. The molecule has 4 N–H and O–H groups in total. The predicted octanol–water partition coefficient (Wildman–Crippen LogP) is 4.93. The molecule has 0 radical (unpaired) electrons. The van der Waals surface area contributed by atoms with E-state index in [0.717, 1.165) is 23.4 Å². The van der Waals surface area contributed by atoms with E-state index < -0.39 is 36.3 Å². The maximum Gasteiger partial charge on any atom is 0.245 e. The minimum atomic E-state index is -0.797. The monoisotopic (exact) mass is 872 g/mol. The van der Waals surface area contributed by atoms with Crippen LogP contribution in [0.2, 0.25) is 0 Å². The summed E-state index contributed by atoms with van der Waals surface area (Å²) in [5, 5.41) is 9.09. The number of amides is 4. The third-order valence-electron chi connectivity index (χ3n) is 12.2. The van der Waals surface area contributed by atoms with Crippen LogP contribution in [0.25, 0.3) is 0 Å². The summed E-state index contributed by atoms with van der Waals surface area (Å²) in [6.45, 7) is 16.4. The lowest BCUT2D eigenvalue weighted by atomic mass is 9.89. The van der Waals surface area contributed by atoms with Gasteiger partial charge in [-0.3, -0.25) is 24.1 Å². The quantitative estimate of drug-likeness (QED) is 0.105. The fourth-order valence-electron chi connectivity index (χ4n) is 8.53. The van der Waals surface area contributed by atoms with Crippen LogP contribution in [0.15, 0.2) is 41.9 Å². The van der Waals surface area contributed by atoms with Gasteiger partial charge in [-0.25, -0.2) is 4.98 Å². The second-order valence-corrected chi connectivity index (χ2v) is 18.4. The Bertz CT molecular complexity index is 1600. The van der Waals surface area contributed by atoms with Gasteiger partial charge in [-0.1, -0.05) is 85.2 Å². The van der Waals surface area contributed by atoms with Crippen molar-refractivity contribution in [3.8, 4) is 0 Å². The van der Waals surface area contributed by atoms with Gasteiger partial charge in [-0.05, 0) is 56.0 Å². The number of ether oxygens (including phenoxy) is 3. The van der Waals surface area contributed by atoms with Crippen molar-refractivity contribution < 1.29 is 33.4 Å². The van der Waals surface area contributed by atoms with Crippen LogP contribution < -0.4 is 16.4 Å². The molecule has 0 bridgehead atoms. The molecule has 3 rings (SSSR count). The number of hydrogen-bond donors (Lipinski definition) is 3. The van der Waals surface area contributed by atoms with Crippen molar-refractivity contribution in [3.05, 3.63) is 52.5 Å². The molecule has 2 heterocycles. The van der Waals surface area contributed by atoms with Crippen LogP contribution >= 0.6 is 11.3 Å². The maximum absolute atomic E-state index is 14.5. The molecule has 1 aliphatic rings. The van der Waals surface area contributed by atoms with Crippen LogP contribution in [0.1, 0.15) is 97.2 Å². The Morgan fingerprint density at radius 1 is 0.984 bits per heavy atom. The zero-order chi connectivity index (χ0) is 45.2. The summed E-state index contributed by atoms with van der Waals surface area (Å²) < 4.78 is 17.8. The number of likely N-dealkylation sites (N-methyl/N-ethyl adjacent to an activating group) is 2. The van der Waals surface area contributed by atoms with E-state index in [0.29, 0.717) is 52.1 Å². The lowest BCUT2D eigenvalue weighted by Crippen LogP contribution is -2.59. The molecule has 1 aromatic carbocycles. The molecule has 1 saturated heterocycles. The summed E-state index contributed by atoms with van der Waals surface area (Å²) in [5.41, 5.74) is 6.67. The molecular weight excluding hydrogens is 795 g/mol. The first-order valence-electron chi connectivity index (χ1n) is 22.2. The van der Waals surface area contributed by atoms with Gasteiger partial charge >= 0.3 is 0 Å². The fourth-order valence-corrected chi connectivity index (χ4v) is 9.22. The Labute approximate surface area is 370 Å². The van der Waals surface area contributed by atoms with Crippen LogP contribution in [0.5, 0.6) is 0 Å². The van der Waals surface area contributed by atoms with Crippen LogP contribution in [0, 0.1) is 23.7 Å². The molecule has 1 aromatic heterocycles. The first-order chi connectivity index (χ1) is 29.1. The third kappa shape index (κ3) is 15.1. The van der Waals surface area contributed by atoms with E-state index in [9.17, 15) is 19.2 Å². The van der Waals surface area contributed by atoms with E-state index in [2.05, 4.69) is 43.3 Å². The van der Waals surface area contributed by atoms with Crippen LogP contribution in [-0.4, -0.2) is 141 Å². The van der Waals surface area contributed by atoms with Crippen molar-refractivity contribution in [3.63, 3.8) is 0 Å². The number of nitrogens with one attached hydrogen (secondary N) is 2. The number of benzene rings is 1. The lowest BCUT2D eigenvalue weighted by molar-refractivity contribution is -0.148. The van der Waals surface area contributed by atoms with Gasteiger partial charge in [0.2, 0.25) is 23.6 Å². The second kappa shape index (κ2) is 26.2. The Hall–Kier alpha value is -3.47. The normalized spacial score (nSPS) is 18.3. The predicted molar refractivity (Wildman–Crippen MR) is 242 cm³/mol. The first-order valence-corrected chi connectivity index (χ1v) is 23.1. The Morgan fingerprint density at radius 3 is 2.26 bits per heavy atom. The van der Waals surface area contributed by atoms with Gasteiger partial charge in [0.25, 0.3) is 0 Å². The summed E-state index contributed by atoms with van der Waals surface area (Å²) in [5.74, 6) is -1.29. The highest BCUT2D eigenvalue weighted by Gasteiger charge is 2.43. The SMILES string of the molecule is CC[C@H](C)[C@@H](C(CC(=O)N1CCC[C@H]1[C@H](OC)[C@@H](C)C(=O)N[C@@H](Cc1ccccc1)c1nccs1)OC)N(C)C(=O)[C@@H](NC(=O)C(CC(C)C)N(C)CCOCCN)C(C)C. The molecule has 0 spiro atoms. The van der Waals surface area contributed by atoms with E-state index >= 15 is 0 Å². The summed E-state index contributed by atoms with van der Waals surface area (Å²) in [4.78, 5) is 66.9. The van der Waals surface area contributed by atoms with Gasteiger partial charge in [0.1, 0.15) is 11.0 Å². The van der Waals surface area contributed by atoms with Gasteiger partial charge in [-0.15, -0.1) is 11.3 Å². The zero-order valence-corrected chi connectivity index (χ0v) is 39.6. The van der Waals surface area contributed by atoms with E-state index in [1.807, 2.05) is 73.3 Å². The molecule has 1 fully saturated rings. The molecule has 2 aromatic rings. The molecule has 1 aliphatic heterocycles. The molecule has 9 atom stereocenters. The van der Waals surface area contributed by atoms with E-state index in [1.54, 1.807) is 32.4 Å². The number of methoxy groups -OCH3 is 2. The molecule has 14 nitrogen and oxygen atoms in total. The van der Waals surface area contributed by atoms with Gasteiger partial charge in [0.15, 0.2) is 0 Å². The smallest absolute Gasteiger partial charge is 0.245 e. The van der Waals surface area contributed by atoms with Gasteiger partial charge in [0, 0.05) is 52.5 Å². The van der Waals surface area contributed by atoms with Gasteiger partial charge in [0.05, 0.1) is 61.9 Å². The fraction of sp³-hybridized carbons (Fsp3) is 0.717. The summed E-state index contributed by atoms with van der Waals surface area (Å²) in [6.07, 6.45) is 4.00. The average Bonchev–Trinajstić information content (AvgIpc) is 3.97. The molecular formula is C46H77N7O7S. The van der Waals surface area contributed by atoms with Crippen LogP contribution in [-0.2, 0) is 39.8 Å². The van der Waals surface area contributed by atoms with Crippen LogP contribution in [0.3, 0.4) is 0 Å². The van der Waals surface area contributed by atoms with Crippen molar-refractivity contribution in [2.45, 2.75) is 129 Å². The number of likely N-dealkylation sites (tertiary alicyclic amines) is 1. The molecule has 61 heavy (non-hydrogen) atoms. The number of hydrogen-bond acceptors (Lipinski definition) is 11. The minimum Gasteiger partial charge on any atom is -0.379 e. The standard InChI is InChI=1S/C46H77N7O7S/c1-12-32(6)41(52(9)46(57)40(31(4)5)50-44(56)37(27-30(2)3)51(8)23-25-60-24-20-47)38(58-10)29-39(54)53-22-16-19-36(53)42(59-11)33(7)43(55)49-35(45-48-21-26-61-45)28-34-17-14-13-15-18-34/h13-15,17-18,21,26,30-33,35-38,40-42H,12,16,19-20,22-25,27-29,47H2,1-11H3,(H,49,55)(H,50,56)/t32-,33+,35-,36-,37?,38?,40-,41-,42+/m0/s1. The molecule has 344 valence electrons. The van der Waals surface area contributed by atoms with Gasteiger partial charge in [-0.2, -0.15) is 0 Å². The topological polar surface area (TPSA) is 169 Å². The van der Waals surface area contributed by atoms with Crippen molar-refractivity contribution in [2.75, 3.05) is 61.2 Å². The number of rotatable bonds is 27. The molecule has 0 saturated carbocycles. The first kappa shape index (κ1) is 51.9. The number of nitrogens with zero attached hydrogens (tertiary/aromatic N) is 4. The Balaban J connectivity index is 1.78. The summed E-state index contributed by atoms with van der Waals surface area (Å²) >= 11 is 1.50. The Morgan fingerprint density at radius 2 is 1.69 bits per heavy atom. The maximum atomic E-state index is 14.5. The lowest BCUT2D eigenvalue weighted by Gasteiger charge is -2.41. The minimum absolute atomic E-state index is 0.0324. The highest BCUT2D eigenvalue weighted by Crippen LogP contribution is 2.30. The Kier molecular flexibility index (Phi) is 22.3. The highest BCUT2D eigenvalue weighted by molar-refractivity contribution is 7.09. The van der Waals surface area contributed by atoms with Crippen molar-refractivity contribution in [1.82, 2.24) is 30.3 Å². The van der Waals surface area contributed by atoms with Crippen LogP contribution in [0.4, 0.5) is 0 Å². The molecule has 4 amide bonds. The summed E-state index contributed by atoms with van der Waals surface area (Å²) in [7, 11) is 6.83. The highest BCUT2D eigenvalue weighted by atomic mass is 32.1. The number of thiazole rings is 1. The number of carbonyl (C=O) groups excluding carboxylic acids is 4. The van der Waals surface area contributed by atoms with Crippen molar-refractivity contribution in [1.29, 1.82) is 0 Å². The summed E-state index contributed by atoms with van der Waals surface area (Å²) in [6, 6.07) is 7.66. The molecule has 0 aliphatic carbocycles. The van der Waals surface area contributed by atoms with Crippen molar-refractivity contribution >= 4 is 35.0 Å². The number of carbonyl (C=O) groups is 4. The number of nitrogens with two attached hydrogens (primary N) is 1. The third-order valence-corrected chi connectivity index (χ3v) is 13.1. The largest absolute Gasteiger partial charge is 0.379 e. The molecule has 2 unspecified atom stereocenters. The zero-order valence-electron chi connectivity index (χ0n) is 38.8. The van der Waals surface area contributed by atoms with E-state index in [4.69, 9.17) is 19.9 Å². The van der Waals surface area contributed by atoms with E-state index in [-0.39, 0.29) is 59.9 Å². The second-order valence-electron chi connectivity index (χ2n) is 17.5. The van der Waals surface area contributed by atoms with E-state index in [1.165, 1.54) is 11.3 Å². The van der Waals surface area contributed by atoms with Crippen molar-refractivity contribution in [2.24, 2.45) is 29.4 Å².